The number of hydrogen-bond acceptors (Lipinski definition) is 3. The number of urea groups is 1. The third-order valence-electron chi connectivity index (χ3n) is 3.90. The number of rotatable bonds is 4. The van der Waals surface area contributed by atoms with Crippen LogP contribution < -0.4 is 10.6 Å². The Morgan fingerprint density at radius 1 is 1.12 bits per heavy atom. The van der Waals surface area contributed by atoms with Gasteiger partial charge in [0.2, 0.25) is 0 Å². The summed E-state index contributed by atoms with van der Waals surface area (Å²) in [6.45, 7) is 0.394. The van der Waals surface area contributed by atoms with Crippen LogP contribution in [-0.4, -0.2) is 18.0 Å². The fourth-order valence-electron chi connectivity index (χ4n) is 2.67. The molecule has 2 atom stereocenters. The second-order valence-electron chi connectivity index (χ2n) is 5.71. The zero-order valence-electron chi connectivity index (χ0n) is 13.2. The lowest BCUT2D eigenvalue weighted by molar-refractivity contribution is -0.141. The van der Waals surface area contributed by atoms with Crippen molar-refractivity contribution >= 4 is 35.2 Å². The van der Waals surface area contributed by atoms with E-state index >= 15 is 0 Å². The number of esters is 1. The van der Waals surface area contributed by atoms with Crippen molar-refractivity contribution in [2.24, 2.45) is 0 Å². The smallest absolute Gasteiger partial charge is 0.315 e. The molecule has 130 valence electrons. The maximum atomic E-state index is 12.1. The van der Waals surface area contributed by atoms with Gasteiger partial charge in [0.1, 0.15) is 6.10 Å². The second-order valence-corrected chi connectivity index (χ2v) is 6.52. The Labute approximate surface area is 155 Å². The van der Waals surface area contributed by atoms with E-state index in [1.54, 1.807) is 18.2 Å². The molecule has 1 aliphatic heterocycles. The van der Waals surface area contributed by atoms with Gasteiger partial charge in [-0.3, -0.25) is 4.79 Å². The van der Waals surface area contributed by atoms with E-state index in [2.05, 4.69) is 10.6 Å². The number of amides is 2. The maximum absolute atomic E-state index is 12.1. The molecule has 2 aromatic carbocycles. The zero-order chi connectivity index (χ0) is 17.8. The van der Waals surface area contributed by atoms with Crippen LogP contribution in [0.15, 0.2) is 48.5 Å². The average Bonchev–Trinajstić information content (AvgIpc) is 2.96. The molecule has 1 heterocycles. The minimum atomic E-state index is -0.593. The summed E-state index contributed by atoms with van der Waals surface area (Å²) in [5, 5.41) is 6.35. The monoisotopic (exact) mass is 378 g/mol. The Morgan fingerprint density at radius 3 is 2.60 bits per heavy atom. The highest BCUT2D eigenvalue weighted by atomic mass is 35.5. The molecule has 0 aromatic heterocycles. The van der Waals surface area contributed by atoms with Crippen LogP contribution in [0.5, 0.6) is 0 Å². The van der Waals surface area contributed by atoms with Crippen molar-refractivity contribution in [2.45, 2.75) is 25.1 Å². The van der Waals surface area contributed by atoms with E-state index in [0.29, 0.717) is 22.2 Å². The first-order valence-electron chi connectivity index (χ1n) is 7.75. The maximum Gasteiger partial charge on any atom is 0.315 e. The molecule has 2 unspecified atom stereocenters. The van der Waals surface area contributed by atoms with Gasteiger partial charge in [-0.2, -0.15) is 0 Å². The zero-order valence-corrected chi connectivity index (χ0v) is 14.7. The van der Waals surface area contributed by atoms with Crippen molar-refractivity contribution in [3.63, 3.8) is 0 Å². The van der Waals surface area contributed by atoms with Gasteiger partial charge < -0.3 is 15.4 Å². The standard InChI is InChI=1S/C18H16Cl2N2O3/c19-13-7-6-12(8-14(13)20)17-15(9-16(23)25-17)22-18(24)21-10-11-4-2-1-3-5-11/h1-8,15,17H,9-10H2,(H2,21,22,24). The number of hydrogen-bond donors (Lipinski definition) is 2. The van der Waals surface area contributed by atoms with Gasteiger partial charge in [-0.15, -0.1) is 0 Å². The average molecular weight is 379 g/mol. The molecule has 0 saturated carbocycles. The summed E-state index contributed by atoms with van der Waals surface area (Å²) in [4.78, 5) is 23.8. The Balaban J connectivity index is 1.64. The lowest BCUT2D eigenvalue weighted by Gasteiger charge is -2.20. The van der Waals surface area contributed by atoms with Gasteiger partial charge >= 0.3 is 12.0 Å². The molecule has 5 nitrogen and oxygen atoms in total. The molecule has 25 heavy (non-hydrogen) atoms. The quantitative estimate of drug-likeness (QED) is 0.793. The second kappa shape index (κ2) is 7.76. The number of carbonyl (C=O) groups excluding carboxylic acids is 2. The molecule has 0 spiro atoms. The lowest BCUT2D eigenvalue weighted by atomic mass is 10.0. The van der Waals surface area contributed by atoms with Gasteiger partial charge in [-0.25, -0.2) is 4.79 Å². The SMILES string of the molecule is O=C(NCc1ccccc1)NC1CC(=O)OC1c1ccc(Cl)c(Cl)c1. The van der Waals surface area contributed by atoms with Gasteiger partial charge in [0.15, 0.2) is 0 Å². The first-order chi connectivity index (χ1) is 12.0. The molecule has 3 rings (SSSR count). The van der Waals surface area contributed by atoms with E-state index in [1.807, 2.05) is 30.3 Å². The predicted molar refractivity (Wildman–Crippen MR) is 95.5 cm³/mol. The van der Waals surface area contributed by atoms with Crippen molar-refractivity contribution in [3.05, 3.63) is 69.7 Å². The summed E-state index contributed by atoms with van der Waals surface area (Å²) in [6, 6.07) is 13.7. The van der Waals surface area contributed by atoms with Crippen LogP contribution in [0.25, 0.3) is 0 Å². The van der Waals surface area contributed by atoms with Crippen molar-refractivity contribution in [1.29, 1.82) is 0 Å². The van der Waals surface area contributed by atoms with Gasteiger partial charge in [0.25, 0.3) is 0 Å². The van der Waals surface area contributed by atoms with Gasteiger partial charge in [0, 0.05) is 6.54 Å². The Hall–Kier alpha value is -2.24. The normalized spacial score (nSPS) is 19.4. The summed E-state index contributed by atoms with van der Waals surface area (Å²) >= 11 is 11.9. The molecule has 0 radical (unpaired) electrons. The van der Waals surface area contributed by atoms with Crippen LogP contribution in [0, 0.1) is 0 Å². The third kappa shape index (κ3) is 4.44. The van der Waals surface area contributed by atoms with Crippen LogP contribution in [0.3, 0.4) is 0 Å². The lowest BCUT2D eigenvalue weighted by Crippen LogP contribution is -2.43. The van der Waals surface area contributed by atoms with Crippen LogP contribution in [-0.2, 0) is 16.1 Å². The van der Waals surface area contributed by atoms with Crippen LogP contribution in [0.2, 0.25) is 10.0 Å². The highest BCUT2D eigenvalue weighted by Crippen LogP contribution is 2.33. The van der Waals surface area contributed by atoms with Crippen molar-refractivity contribution in [3.8, 4) is 0 Å². The predicted octanol–water partition coefficient (Wildman–Crippen LogP) is 3.85. The molecule has 0 bridgehead atoms. The summed E-state index contributed by atoms with van der Waals surface area (Å²) < 4.78 is 5.34. The Morgan fingerprint density at radius 2 is 1.88 bits per heavy atom. The molecule has 7 heteroatoms. The third-order valence-corrected chi connectivity index (χ3v) is 4.63. The summed E-state index contributed by atoms with van der Waals surface area (Å²) in [5.41, 5.74) is 1.67. The molecule has 1 fully saturated rings. The molecule has 1 saturated heterocycles. The van der Waals surface area contributed by atoms with E-state index in [9.17, 15) is 9.59 Å². The van der Waals surface area contributed by atoms with Crippen molar-refractivity contribution in [1.82, 2.24) is 10.6 Å². The number of ether oxygens (including phenoxy) is 1. The Bertz CT molecular complexity index is 783. The molecule has 2 N–H and O–H groups in total. The summed E-state index contributed by atoms with van der Waals surface area (Å²) in [6.07, 6.45) is -0.492. The van der Waals surface area contributed by atoms with Crippen molar-refractivity contribution in [2.75, 3.05) is 0 Å². The minimum Gasteiger partial charge on any atom is -0.455 e. The Kier molecular flexibility index (Phi) is 5.46. The highest BCUT2D eigenvalue weighted by molar-refractivity contribution is 6.42. The van der Waals surface area contributed by atoms with E-state index < -0.39 is 12.1 Å². The number of carbonyl (C=O) groups is 2. The van der Waals surface area contributed by atoms with E-state index in [4.69, 9.17) is 27.9 Å². The molecule has 0 aliphatic carbocycles. The van der Waals surface area contributed by atoms with Gasteiger partial charge in [0.05, 0.1) is 22.5 Å². The summed E-state index contributed by atoms with van der Waals surface area (Å²) in [5.74, 6) is -0.371. The molecule has 2 amide bonds. The van der Waals surface area contributed by atoms with Gasteiger partial charge in [-0.1, -0.05) is 59.6 Å². The summed E-state index contributed by atoms with van der Waals surface area (Å²) in [7, 11) is 0. The van der Waals surface area contributed by atoms with Gasteiger partial charge in [-0.05, 0) is 23.3 Å². The molecular weight excluding hydrogens is 363 g/mol. The molecule has 1 aliphatic rings. The first-order valence-corrected chi connectivity index (χ1v) is 8.51. The van der Waals surface area contributed by atoms with Crippen LogP contribution >= 0.6 is 23.2 Å². The van der Waals surface area contributed by atoms with Crippen LogP contribution in [0.4, 0.5) is 4.79 Å². The van der Waals surface area contributed by atoms with Crippen molar-refractivity contribution < 1.29 is 14.3 Å². The van der Waals surface area contributed by atoms with E-state index in [0.717, 1.165) is 5.56 Å². The largest absolute Gasteiger partial charge is 0.455 e. The van der Waals surface area contributed by atoms with E-state index in [1.165, 1.54) is 0 Å². The number of benzene rings is 2. The fraction of sp³-hybridized carbons (Fsp3) is 0.222. The molecule has 2 aromatic rings. The fourth-order valence-corrected chi connectivity index (χ4v) is 2.98. The number of nitrogens with one attached hydrogen (secondary N) is 2. The topological polar surface area (TPSA) is 67.4 Å². The molecular formula is C18H16Cl2N2O3. The highest BCUT2D eigenvalue weighted by Gasteiger charge is 2.37. The number of cyclic esters (lactones) is 1. The first kappa shape index (κ1) is 17.6. The minimum absolute atomic E-state index is 0.101. The van der Waals surface area contributed by atoms with Crippen LogP contribution in [0.1, 0.15) is 23.7 Å². The van der Waals surface area contributed by atoms with E-state index in [-0.39, 0.29) is 18.4 Å². The number of halogens is 2.